The molecule has 12 heteroatoms. The van der Waals surface area contributed by atoms with Crippen LogP contribution in [0.1, 0.15) is 61.4 Å². The van der Waals surface area contributed by atoms with E-state index in [1.165, 1.54) is 6.07 Å². The average molecular weight is 555 g/mol. The third kappa shape index (κ3) is 5.59. The van der Waals surface area contributed by atoms with Crippen LogP contribution in [0.25, 0.3) is 10.6 Å². The summed E-state index contributed by atoms with van der Waals surface area (Å²) >= 11 is 0.804. The molecule has 0 bridgehead atoms. The van der Waals surface area contributed by atoms with Crippen molar-refractivity contribution in [3.63, 3.8) is 0 Å². The number of nitrogens with zero attached hydrogens (tertiary/aromatic N) is 1. The summed E-state index contributed by atoms with van der Waals surface area (Å²) < 4.78 is 77.1. The minimum atomic E-state index is -4.40. The Hall–Kier alpha value is -3.12. The smallest absolute Gasteiger partial charge is 0.338 e. The van der Waals surface area contributed by atoms with Crippen LogP contribution in [0.5, 0.6) is 5.75 Å². The van der Waals surface area contributed by atoms with E-state index in [0.29, 0.717) is 11.6 Å². The van der Waals surface area contributed by atoms with Gasteiger partial charge < -0.3 is 9.84 Å². The fourth-order valence-corrected chi connectivity index (χ4v) is 6.59. The summed E-state index contributed by atoms with van der Waals surface area (Å²) in [5.41, 5.74) is -0.735. The lowest BCUT2D eigenvalue weighted by Crippen LogP contribution is -2.20. The van der Waals surface area contributed by atoms with Crippen LogP contribution >= 0.6 is 11.3 Å². The minimum Gasteiger partial charge on any atom is -0.495 e. The van der Waals surface area contributed by atoms with Gasteiger partial charge in [-0.3, -0.25) is 4.72 Å². The lowest BCUT2D eigenvalue weighted by molar-refractivity contribution is 0.0691. The van der Waals surface area contributed by atoms with Gasteiger partial charge in [0.05, 0.1) is 18.4 Å². The van der Waals surface area contributed by atoms with Crippen molar-refractivity contribution in [3.05, 3.63) is 58.2 Å². The predicted molar refractivity (Wildman–Crippen MR) is 133 cm³/mol. The van der Waals surface area contributed by atoms with E-state index in [9.17, 15) is 17.6 Å². The number of carboxylic acid groups (broad SMARTS) is 1. The summed E-state index contributed by atoms with van der Waals surface area (Å²) in [5, 5.41) is 9.64. The van der Waals surface area contributed by atoms with Gasteiger partial charge in [-0.15, -0.1) is 11.3 Å². The SMILES string of the molecule is COc1cc(C(=O)O)c(F)cc1NS(=O)(=O)c1csc(-c2cc(F)c(C3CCC(C)(C)CC3)cc2F)n1. The normalized spacial score (nSPS) is 15.9. The molecule has 1 aliphatic carbocycles. The number of hydrogen-bond acceptors (Lipinski definition) is 6. The number of hydrogen-bond donors (Lipinski definition) is 2. The number of sulfonamides is 1. The zero-order valence-electron chi connectivity index (χ0n) is 20.3. The van der Waals surface area contributed by atoms with Gasteiger partial charge in [0, 0.05) is 17.0 Å². The first-order chi connectivity index (χ1) is 17.3. The molecule has 1 saturated carbocycles. The second kappa shape index (κ2) is 9.97. The first kappa shape index (κ1) is 26.9. The highest BCUT2D eigenvalue weighted by molar-refractivity contribution is 7.92. The number of carbonyl (C=O) groups is 1. The van der Waals surface area contributed by atoms with Crippen LogP contribution < -0.4 is 9.46 Å². The summed E-state index contributed by atoms with van der Waals surface area (Å²) in [5.74, 6) is -4.33. The number of methoxy groups -OCH3 is 1. The standard InChI is InChI=1S/C25H25F3N2O5S2/c1-25(2)6-4-13(5-7-25)14-8-18(27)15(9-17(14)26)23-29-22(12-36-23)37(33,34)30-20-11-19(28)16(24(31)32)10-21(20)35-3/h8-13,30H,4-7H2,1-3H3,(H,31,32). The maximum atomic E-state index is 15.1. The van der Waals surface area contributed by atoms with E-state index < -0.39 is 44.0 Å². The van der Waals surface area contributed by atoms with Crippen molar-refractivity contribution >= 4 is 33.0 Å². The molecule has 1 aliphatic rings. The molecule has 0 atom stereocenters. The van der Waals surface area contributed by atoms with E-state index in [4.69, 9.17) is 9.84 Å². The molecule has 0 radical (unpaired) electrons. The van der Waals surface area contributed by atoms with Gasteiger partial charge in [-0.2, -0.15) is 8.42 Å². The van der Waals surface area contributed by atoms with Gasteiger partial charge in [0.25, 0.3) is 10.0 Å². The van der Waals surface area contributed by atoms with Gasteiger partial charge >= 0.3 is 5.97 Å². The topological polar surface area (TPSA) is 106 Å². The number of halogens is 3. The minimum absolute atomic E-state index is 0.0486. The molecule has 0 saturated heterocycles. The van der Waals surface area contributed by atoms with Crippen molar-refractivity contribution in [2.24, 2.45) is 5.41 Å². The highest BCUT2D eigenvalue weighted by Gasteiger charge is 2.30. The van der Waals surface area contributed by atoms with Crippen molar-refractivity contribution in [2.45, 2.75) is 50.5 Å². The highest BCUT2D eigenvalue weighted by Crippen LogP contribution is 2.44. The number of ether oxygens (including phenoxy) is 1. The van der Waals surface area contributed by atoms with Gasteiger partial charge in [-0.1, -0.05) is 13.8 Å². The molecular formula is C25H25F3N2O5S2. The molecule has 2 N–H and O–H groups in total. The third-order valence-electron chi connectivity index (χ3n) is 6.62. The fraction of sp³-hybridized carbons (Fsp3) is 0.360. The molecule has 0 spiro atoms. The third-order valence-corrected chi connectivity index (χ3v) is 8.89. The number of thiazole rings is 1. The van der Waals surface area contributed by atoms with Gasteiger partial charge in [-0.05, 0) is 60.8 Å². The second-order valence-electron chi connectivity index (χ2n) is 9.73. The first-order valence-electron chi connectivity index (χ1n) is 11.4. The Kier molecular flexibility index (Phi) is 7.26. The second-order valence-corrected chi connectivity index (χ2v) is 12.2. The first-order valence-corrected chi connectivity index (χ1v) is 13.8. The molecule has 0 unspecified atom stereocenters. The van der Waals surface area contributed by atoms with E-state index >= 15 is 8.78 Å². The van der Waals surface area contributed by atoms with Gasteiger partial charge in [-0.25, -0.2) is 22.9 Å². The lowest BCUT2D eigenvalue weighted by atomic mass is 9.71. The number of nitrogens with one attached hydrogen (secondary N) is 1. The van der Waals surface area contributed by atoms with E-state index in [1.807, 2.05) is 0 Å². The van der Waals surface area contributed by atoms with Crippen LogP contribution in [0.4, 0.5) is 18.9 Å². The monoisotopic (exact) mass is 554 g/mol. The quantitative estimate of drug-likeness (QED) is 0.349. The van der Waals surface area contributed by atoms with Crippen molar-refractivity contribution in [1.29, 1.82) is 0 Å². The predicted octanol–water partition coefficient (Wildman–Crippen LogP) is 6.42. The van der Waals surface area contributed by atoms with Crippen LogP contribution in [-0.4, -0.2) is 31.6 Å². The summed E-state index contributed by atoms with van der Waals surface area (Å²) in [6.07, 6.45) is 3.33. The molecular weight excluding hydrogens is 529 g/mol. The number of rotatable bonds is 7. The summed E-state index contributed by atoms with van der Waals surface area (Å²) in [6.45, 7) is 4.31. The summed E-state index contributed by atoms with van der Waals surface area (Å²) in [7, 11) is -3.24. The van der Waals surface area contributed by atoms with Crippen LogP contribution in [0.2, 0.25) is 0 Å². The van der Waals surface area contributed by atoms with Gasteiger partial charge in [0.1, 0.15) is 28.2 Å². The molecule has 2 aromatic carbocycles. The molecule has 1 aromatic heterocycles. The highest BCUT2D eigenvalue weighted by atomic mass is 32.2. The molecule has 0 aliphatic heterocycles. The average Bonchev–Trinajstić information content (AvgIpc) is 3.31. The molecule has 3 aromatic rings. The zero-order chi connectivity index (χ0) is 27.1. The van der Waals surface area contributed by atoms with E-state index in [2.05, 4.69) is 23.6 Å². The Morgan fingerprint density at radius 2 is 1.78 bits per heavy atom. The van der Waals surface area contributed by atoms with Crippen LogP contribution in [0, 0.1) is 22.9 Å². The van der Waals surface area contributed by atoms with Crippen LogP contribution in [0.15, 0.2) is 34.7 Å². The Bertz CT molecular complexity index is 1460. The van der Waals surface area contributed by atoms with E-state index in [1.54, 1.807) is 0 Å². The number of aromatic carboxylic acids is 1. The molecule has 198 valence electrons. The Morgan fingerprint density at radius 1 is 1.11 bits per heavy atom. The Balaban J connectivity index is 1.60. The largest absolute Gasteiger partial charge is 0.495 e. The van der Waals surface area contributed by atoms with Crippen molar-refractivity contribution in [1.82, 2.24) is 4.98 Å². The van der Waals surface area contributed by atoms with E-state index in [-0.39, 0.29) is 33.3 Å². The lowest BCUT2D eigenvalue weighted by Gasteiger charge is -2.34. The van der Waals surface area contributed by atoms with Gasteiger partial charge in [0.15, 0.2) is 5.03 Å². The maximum Gasteiger partial charge on any atom is 0.338 e. The Labute approximate surface area is 216 Å². The maximum absolute atomic E-state index is 15.1. The fourth-order valence-electron chi connectivity index (χ4n) is 4.42. The molecule has 4 rings (SSSR count). The molecule has 1 fully saturated rings. The van der Waals surface area contributed by atoms with Crippen LogP contribution in [0.3, 0.4) is 0 Å². The number of benzene rings is 2. The number of aromatic nitrogens is 1. The van der Waals surface area contributed by atoms with Crippen molar-refractivity contribution in [2.75, 3.05) is 11.8 Å². The molecule has 7 nitrogen and oxygen atoms in total. The van der Waals surface area contributed by atoms with E-state index in [0.717, 1.165) is 61.6 Å². The molecule has 37 heavy (non-hydrogen) atoms. The number of anilines is 1. The van der Waals surface area contributed by atoms with Gasteiger partial charge in [0.2, 0.25) is 0 Å². The van der Waals surface area contributed by atoms with Crippen molar-refractivity contribution in [3.8, 4) is 16.3 Å². The zero-order valence-corrected chi connectivity index (χ0v) is 21.9. The Morgan fingerprint density at radius 3 is 2.41 bits per heavy atom. The molecule has 0 amide bonds. The number of carboxylic acids is 1. The molecule has 1 heterocycles. The van der Waals surface area contributed by atoms with Crippen molar-refractivity contribution < 1.29 is 36.2 Å². The summed E-state index contributed by atoms with van der Waals surface area (Å²) in [6, 6.07) is 3.72. The summed E-state index contributed by atoms with van der Waals surface area (Å²) in [4.78, 5) is 15.1. The van der Waals surface area contributed by atoms with Crippen LogP contribution in [-0.2, 0) is 10.0 Å².